The number of aliphatic carboxylic acids is 1. The van der Waals surface area contributed by atoms with Gasteiger partial charge in [0, 0.05) is 17.4 Å². The van der Waals surface area contributed by atoms with Crippen molar-refractivity contribution < 1.29 is 29.4 Å². The van der Waals surface area contributed by atoms with E-state index in [-0.39, 0.29) is 24.3 Å². The van der Waals surface area contributed by atoms with Crippen molar-refractivity contribution in [1.82, 2.24) is 30.8 Å². The maximum Gasteiger partial charge on any atom is 0.352 e. The van der Waals surface area contributed by atoms with Crippen LogP contribution in [0, 0.1) is 0 Å². The maximum atomic E-state index is 13.0. The number of primary amides is 1. The molecule has 3 unspecified atom stereocenters. The van der Waals surface area contributed by atoms with Crippen LogP contribution in [0.2, 0.25) is 0 Å². The summed E-state index contributed by atoms with van der Waals surface area (Å²) in [5.41, 5.74) is 5.88. The van der Waals surface area contributed by atoms with E-state index in [2.05, 4.69) is 25.9 Å². The molecule has 3 amide bonds. The first-order valence-corrected chi connectivity index (χ1v) is 12.3. The Balaban J connectivity index is 1.54. The molecular formula is C20H21N7O6S2. The number of aliphatic hydroxyl groups excluding tert-OH is 1. The number of H-pyrrole nitrogens is 1. The molecule has 2 aliphatic rings. The van der Waals surface area contributed by atoms with Gasteiger partial charge in [-0.3, -0.25) is 19.3 Å². The molecule has 1 aromatic carbocycles. The van der Waals surface area contributed by atoms with Gasteiger partial charge in [-0.15, -0.1) is 16.9 Å². The minimum absolute atomic E-state index is 0.00622. The number of carboxylic acids is 1. The lowest BCUT2D eigenvalue weighted by Gasteiger charge is -2.50. The third kappa shape index (κ3) is 5.16. The fraction of sp³-hybridized carbons (Fsp3) is 0.350. The molecule has 0 radical (unpaired) electrons. The van der Waals surface area contributed by atoms with Crippen LogP contribution in [-0.4, -0.2) is 81.8 Å². The minimum Gasteiger partial charge on any atom is -0.477 e. The van der Waals surface area contributed by atoms with Gasteiger partial charge < -0.3 is 21.3 Å². The van der Waals surface area contributed by atoms with Gasteiger partial charge in [0.2, 0.25) is 11.1 Å². The van der Waals surface area contributed by atoms with E-state index >= 15 is 0 Å². The van der Waals surface area contributed by atoms with Gasteiger partial charge in [-0.05, 0) is 28.0 Å². The summed E-state index contributed by atoms with van der Waals surface area (Å²) in [4.78, 5) is 50.2. The number of carboxylic acid groups (broad SMARTS) is 1. The number of aromatic nitrogens is 4. The molecule has 0 saturated carbocycles. The number of benzene rings is 1. The van der Waals surface area contributed by atoms with E-state index in [1.54, 1.807) is 30.3 Å². The second kappa shape index (κ2) is 10.5. The molecule has 4 atom stereocenters. The number of hydrogen-bond acceptors (Lipinski definition) is 10. The number of amides is 3. The molecule has 1 aromatic heterocycles. The predicted octanol–water partition coefficient (Wildman–Crippen LogP) is -0.602. The highest BCUT2D eigenvalue weighted by Crippen LogP contribution is 2.44. The molecular weight excluding hydrogens is 498 g/mol. The molecule has 15 heteroatoms. The van der Waals surface area contributed by atoms with Gasteiger partial charge in [0.1, 0.15) is 17.1 Å². The molecule has 6 N–H and O–H groups in total. The fourth-order valence-electron chi connectivity index (χ4n) is 3.82. The number of aromatic amines is 1. The van der Waals surface area contributed by atoms with Crippen molar-refractivity contribution in [3.8, 4) is 0 Å². The SMILES string of the molecule is NC(=O)CCC(Sc1nnn[nH]1)C1=C(C(=O)O)N2C(=O)C(NC(=O)C(O)c3ccccc3)[C@@H]2SC1. The molecule has 1 saturated heterocycles. The Hall–Kier alpha value is -3.43. The van der Waals surface area contributed by atoms with E-state index < -0.39 is 46.5 Å². The van der Waals surface area contributed by atoms with Crippen molar-refractivity contribution in [2.75, 3.05) is 5.75 Å². The van der Waals surface area contributed by atoms with Gasteiger partial charge in [-0.25, -0.2) is 9.89 Å². The highest BCUT2D eigenvalue weighted by atomic mass is 32.2. The molecule has 0 aliphatic carbocycles. The number of aliphatic hydroxyl groups is 1. The first kappa shape index (κ1) is 24.7. The van der Waals surface area contributed by atoms with Crippen LogP contribution in [0.3, 0.4) is 0 Å². The number of fused-ring (bicyclic) bond motifs is 1. The summed E-state index contributed by atoms with van der Waals surface area (Å²) in [6.45, 7) is 0. The van der Waals surface area contributed by atoms with E-state index in [1.807, 2.05) is 0 Å². The van der Waals surface area contributed by atoms with E-state index in [9.17, 15) is 29.4 Å². The van der Waals surface area contributed by atoms with Gasteiger partial charge >= 0.3 is 5.97 Å². The van der Waals surface area contributed by atoms with E-state index in [0.717, 1.165) is 16.7 Å². The Morgan fingerprint density at radius 2 is 2.06 bits per heavy atom. The highest BCUT2D eigenvalue weighted by Gasteiger charge is 2.55. The number of rotatable bonds is 10. The fourth-order valence-corrected chi connectivity index (χ4v) is 6.37. The van der Waals surface area contributed by atoms with Gasteiger partial charge in [0.05, 0.1) is 0 Å². The zero-order valence-corrected chi connectivity index (χ0v) is 19.7. The number of tetrazole rings is 1. The lowest BCUT2D eigenvalue weighted by atomic mass is 9.99. The Morgan fingerprint density at radius 3 is 2.69 bits per heavy atom. The van der Waals surface area contributed by atoms with E-state index in [0.29, 0.717) is 16.3 Å². The minimum atomic E-state index is -1.47. The lowest BCUT2D eigenvalue weighted by Crippen LogP contribution is -2.71. The molecule has 3 heterocycles. The number of carbonyl (C=O) groups is 4. The van der Waals surface area contributed by atoms with Crippen LogP contribution in [0.5, 0.6) is 0 Å². The molecule has 13 nitrogen and oxygen atoms in total. The molecule has 0 bridgehead atoms. The number of nitrogens with zero attached hydrogens (tertiary/aromatic N) is 4. The van der Waals surface area contributed by atoms with Crippen LogP contribution >= 0.6 is 23.5 Å². The summed E-state index contributed by atoms with van der Waals surface area (Å²) in [6.07, 6.45) is -1.26. The Labute approximate surface area is 206 Å². The summed E-state index contributed by atoms with van der Waals surface area (Å²) in [7, 11) is 0. The van der Waals surface area contributed by atoms with Gasteiger partial charge in [0.15, 0.2) is 6.10 Å². The zero-order chi connectivity index (χ0) is 25.1. The van der Waals surface area contributed by atoms with Gasteiger partial charge in [-0.1, -0.05) is 42.1 Å². The molecule has 2 aromatic rings. The van der Waals surface area contributed by atoms with Crippen LogP contribution in [0.25, 0.3) is 0 Å². The average Bonchev–Trinajstić information content (AvgIpc) is 3.37. The average molecular weight is 520 g/mol. The Morgan fingerprint density at radius 1 is 1.31 bits per heavy atom. The predicted molar refractivity (Wildman–Crippen MR) is 123 cm³/mol. The van der Waals surface area contributed by atoms with Crippen LogP contribution in [0.4, 0.5) is 0 Å². The van der Waals surface area contributed by atoms with E-state index in [4.69, 9.17) is 5.73 Å². The maximum absolute atomic E-state index is 13.0. The largest absolute Gasteiger partial charge is 0.477 e. The number of nitrogens with two attached hydrogens (primary N) is 1. The summed E-state index contributed by atoms with van der Waals surface area (Å²) < 4.78 is 0. The number of β-lactam (4-membered cyclic amide) rings is 1. The third-order valence-electron chi connectivity index (χ3n) is 5.48. The highest BCUT2D eigenvalue weighted by molar-refractivity contribution is 8.01. The van der Waals surface area contributed by atoms with Crippen LogP contribution in [-0.2, 0) is 19.2 Å². The zero-order valence-electron chi connectivity index (χ0n) is 18.0. The van der Waals surface area contributed by atoms with Gasteiger partial charge in [-0.2, -0.15) is 0 Å². The van der Waals surface area contributed by atoms with Crippen molar-refractivity contribution in [1.29, 1.82) is 0 Å². The summed E-state index contributed by atoms with van der Waals surface area (Å²) in [5.74, 6) is -3.00. The second-order valence-electron chi connectivity index (χ2n) is 7.71. The van der Waals surface area contributed by atoms with Crippen molar-refractivity contribution in [2.24, 2.45) is 5.73 Å². The summed E-state index contributed by atoms with van der Waals surface area (Å²) in [6, 6.07) is 7.26. The normalized spacial score (nSPS) is 21.1. The molecule has 184 valence electrons. The standard InChI is InChI=1S/C20H21N7O6S2/c21-12(28)7-6-11(35-20-23-25-26-24-20)10-8-34-18-13(17(31)27(18)14(10)19(32)33)22-16(30)15(29)9-4-2-1-3-5-9/h1-5,11,13,15,18,29H,6-8H2,(H2,21,28)(H,22,30)(H,32,33)(H,23,24,25,26)/t11?,13?,15?,18-/m0/s1. The second-order valence-corrected chi connectivity index (χ2v) is 10.0. The molecule has 0 spiro atoms. The Kier molecular flexibility index (Phi) is 7.37. The van der Waals surface area contributed by atoms with E-state index in [1.165, 1.54) is 11.8 Å². The first-order chi connectivity index (χ1) is 16.8. The molecule has 35 heavy (non-hydrogen) atoms. The van der Waals surface area contributed by atoms with Crippen molar-refractivity contribution in [2.45, 2.75) is 40.8 Å². The van der Waals surface area contributed by atoms with Crippen molar-refractivity contribution in [3.63, 3.8) is 0 Å². The summed E-state index contributed by atoms with van der Waals surface area (Å²) >= 11 is 2.41. The third-order valence-corrected chi connectivity index (χ3v) is 7.99. The Bertz CT molecular complexity index is 1160. The quantitative estimate of drug-likeness (QED) is 0.198. The monoisotopic (exact) mass is 519 g/mol. The number of carbonyl (C=O) groups excluding carboxylic acids is 3. The number of thioether (sulfide) groups is 2. The van der Waals surface area contributed by atoms with Crippen molar-refractivity contribution in [3.05, 3.63) is 47.2 Å². The van der Waals surface area contributed by atoms with Crippen LogP contribution in [0.15, 0.2) is 46.8 Å². The smallest absolute Gasteiger partial charge is 0.352 e. The number of nitrogens with one attached hydrogen (secondary N) is 2. The topological polar surface area (TPSA) is 204 Å². The molecule has 2 aliphatic heterocycles. The molecule has 4 rings (SSSR count). The molecule has 1 fully saturated rings. The van der Waals surface area contributed by atoms with Crippen LogP contribution < -0.4 is 11.1 Å². The van der Waals surface area contributed by atoms with Crippen LogP contribution in [0.1, 0.15) is 24.5 Å². The van der Waals surface area contributed by atoms with Gasteiger partial charge in [0.25, 0.3) is 11.8 Å². The summed E-state index contributed by atoms with van der Waals surface area (Å²) in [5, 5.41) is 35.3. The van der Waals surface area contributed by atoms with Crippen molar-refractivity contribution >= 4 is 47.2 Å². The lowest BCUT2D eigenvalue weighted by molar-refractivity contribution is -0.151. The first-order valence-electron chi connectivity index (χ1n) is 10.4. The number of hydrogen-bond donors (Lipinski definition) is 5.